The summed E-state index contributed by atoms with van der Waals surface area (Å²) in [5, 5.41) is 10.8. The van der Waals surface area contributed by atoms with Gasteiger partial charge in [-0.05, 0) is 0 Å². The van der Waals surface area contributed by atoms with Crippen LogP contribution in [0.25, 0.3) is 0 Å². The lowest BCUT2D eigenvalue weighted by molar-refractivity contribution is -0.386. The van der Waals surface area contributed by atoms with E-state index in [0.29, 0.717) is 7.11 Å². The van der Waals surface area contributed by atoms with Gasteiger partial charge in [0, 0.05) is 6.20 Å². The van der Waals surface area contributed by atoms with E-state index in [9.17, 15) is 36.9 Å². The average molecular weight is 316 g/mol. The van der Waals surface area contributed by atoms with Crippen LogP contribution in [0.1, 0.15) is 22.3 Å². The van der Waals surface area contributed by atoms with Gasteiger partial charge in [0.15, 0.2) is 5.56 Å². The number of rotatable bonds is 4. The molecule has 0 saturated heterocycles. The maximum atomic E-state index is 12.6. The van der Waals surface area contributed by atoms with Crippen molar-refractivity contribution in [2.24, 2.45) is 0 Å². The standard InChI is InChI=1S/C9H5F5N2O5/c1-20-8(17)4-5(16(18)19)3(6(10)11)2-15-7(4)21-9(12,13)14/h2,6H,1H3. The van der Waals surface area contributed by atoms with Gasteiger partial charge in [-0.25, -0.2) is 18.6 Å². The lowest BCUT2D eigenvalue weighted by atomic mass is 10.1. The quantitative estimate of drug-likeness (QED) is 0.367. The van der Waals surface area contributed by atoms with Gasteiger partial charge in [-0.15, -0.1) is 13.2 Å². The van der Waals surface area contributed by atoms with Gasteiger partial charge in [-0.1, -0.05) is 0 Å². The highest BCUT2D eigenvalue weighted by atomic mass is 19.4. The van der Waals surface area contributed by atoms with Crippen molar-refractivity contribution in [3.05, 3.63) is 27.4 Å². The number of hydrogen-bond acceptors (Lipinski definition) is 6. The summed E-state index contributed by atoms with van der Waals surface area (Å²) < 4.78 is 69.1. The summed E-state index contributed by atoms with van der Waals surface area (Å²) in [5.74, 6) is -3.22. The highest BCUT2D eigenvalue weighted by molar-refractivity contribution is 5.97. The minimum Gasteiger partial charge on any atom is -0.465 e. The zero-order valence-corrected chi connectivity index (χ0v) is 9.98. The summed E-state index contributed by atoms with van der Waals surface area (Å²) in [6, 6.07) is 0. The van der Waals surface area contributed by atoms with Gasteiger partial charge >= 0.3 is 12.3 Å². The number of esters is 1. The van der Waals surface area contributed by atoms with Crippen LogP contribution in [0.15, 0.2) is 6.20 Å². The van der Waals surface area contributed by atoms with Gasteiger partial charge < -0.3 is 9.47 Å². The first-order valence-corrected chi connectivity index (χ1v) is 4.88. The number of pyridine rings is 1. The molecule has 0 bridgehead atoms. The van der Waals surface area contributed by atoms with Crippen molar-refractivity contribution in [1.29, 1.82) is 0 Å². The van der Waals surface area contributed by atoms with Crippen LogP contribution in [0.3, 0.4) is 0 Å². The molecule has 1 rings (SSSR count). The molecule has 21 heavy (non-hydrogen) atoms. The largest absolute Gasteiger partial charge is 0.574 e. The molecule has 0 amide bonds. The molecule has 12 heteroatoms. The predicted molar refractivity (Wildman–Crippen MR) is 53.9 cm³/mol. The van der Waals surface area contributed by atoms with E-state index >= 15 is 0 Å². The number of aromatic nitrogens is 1. The van der Waals surface area contributed by atoms with Gasteiger partial charge in [0.25, 0.3) is 12.1 Å². The van der Waals surface area contributed by atoms with Gasteiger partial charge in [0.1, 0.15) is 5.56 Å². The molecule has 0 atom stereocenters. The Balaban J connectivity index is 3.64. The van der Waals surface area contributed by atoms with Crippen molar-refractivity contribution in [3.8, 4) is 5.88 Å². The Hall–Kier alpha value is -2.53. The molecule has 0 spiro atoms. The van der Waals surface area contributed by atoms with Crippen LogP contribution < -0.4 is 4.74 Å². The average Bonchev–Trinajstić information content (AvgIpc) is 2.34. The number of hydrogen-bond donors (Lipinski definition) is 0. The molecule has 0 aliphatic heterocycles. The zero-order chi connectivity index (χ0) is 16.4. The predicted octanol–water partition coefficient (Wildman–Crippen LogP) is 2.61. The van der Waals surface area contributed by atoms with Crippen LogP contribution in [0.4, 0.5) is 27.6 Å². The van der Waals surface area contributed by atoms with Gasteiger partial charge in [0.2, 0.25) is 5.88 Å². The molecular formula is C9H5F5N2O5. The van der Waals surface area contributed by atoms with E-state index in [1.165, 1.54) is 0 Å². The molecule has 1 heterocycles. The van der Waals surface area contributed by atoms with Crippen LogP contribution in [-0.4, -0.2) is 29.3 Å². The molecule has 116 valence electrons. The van der Waals surface area contributed by atoms with Gasteiger partial charge in [-0.2, -0.15) is 0 Å². The summed E-state index contributed by atoms with van der Waals surface area (Å²) in [7, 11) is 0.693. The highest BCUT2D eigenvalue weighted by Gasteiger charge is 2.40. The molecule has 0 radical (unpaired) electrons. The molecule has 7 nitrogen and oxygen atoms in total. The SMILES string of the molecule is COC(=O)c1c(OC(F)(F)F)ncc(C(F)F)c1[N+](=O)[O-]. The van der Waals surface area contributed by atoms with E-state index in [1.807, 2.05) is 0 Å². The summed E-state index contributed by atoms with van der Waals surface area (Å²) in [4.78, 5) is 23.6. The van der Waals surface area contributed by atoms with Crippen molar-refractivity contribution >= 4 is 11.7 Å². The number of nitrogens with zero attached hydrogens (tertiary/aromatic N) is 2. The number of methoxy groups -OCH3 is 1. The van der Waals surface area contributed by atoms with E-state index in [-0.39, 0.29) is 6.20 Å². The Morgan fingerprint density at radius 3 is 2.38 bits per heavy atom. The second-order valence-corrected chi connectivity index (χ2v) is 3.34. The number of nitro groups is 1. The van der Waals surface area contributed by atoms with Crippen LogP contribution in [-0.2, 0) is 4.74 Å². The summed E-state index contributed by atoms with van der Waals surface area (Å²) in [5.41, 5.74) is -4.35. The van der Waals surface area contributed by atoms with E-state index in [1.54, 1.807) is 0 Å². The molecule has 0 fully saturated rings. The van der Waals surface area contributed by atoms with E-state index < -0.39 is 46.4 Å². The van der Waals surface area contributed by atoms with Crippen LogP contribution in [0.5, 0.6) is 5.88 Å². The topological polar surface area (TPSA) is 91.6 Å². The third-order valence-electron chi connectivity index (χ3n) is 2.06. The van der Waals surface area contributed by atoms with Crippen molar-refractivity contribution in [3.63, 3.8) is 0 Å². The Labute approximate surface area is 112 Å². The third-order valence-corrected chi connectivity index (χ3v) is 2.06. The fourth-order valence-corrected chi connectivity index (χ4v) is 1.33. The van der Waals surface area contributed by atoms with E-state index in [4.69, 9.17) is 0 Å². The molecule has 0 aromatic carbocycles. The number of ether oxygens (including phenoxy) is 2. The molecular weight excluding hydrogens is 311 g/mol. The molecule has 0 N–H and O–H groups in total. The Kier molecular flexibility index (Phi) is 4.60. The lowest BCUT2D eigenvalue weighted by Gasteiger charge is -2.12. The van der Waals surface area contributed by atoms with Crippen molar-refractivity contribution < 1.29 is 41.1 Å². The minimum atomic E-state index is -5.34. The van der Waals surface area contributed by atoms with Crippen molar-refractivity contribution in [1.82, 2.24) is 4.98 Å². The Morgan fingerprint density at radius 2 is 2.00 bits per heavy atom. The highest BCUT2D eigenvalue weighted by Crippen LogP contribution is 2.37. The molecule has 0 aliphatic carbocycles. The second kappa shape index (κ2) is 5.85. The monoisotopic (exact) mass is 316 g/mol. The van der Waals surface area contributed by atoms with E-state index in [2.05, 4.69) is 14.5 Å². The number of carbonyl (C=O) groups excluding carboxylic acids is 1. The summed E-state index contributed by atoms with van der Waals surface area (Å²) in [6.45, 7) is 0. The normalized spacial score (nSPS) is 11.4. The van der Waals surface area contributed by atoms with Crippen LogP contribution in [0.2, 0.25) is 0 Å². The first kappa shape index (κ1) is 16.5. The van der Waals surface area contributed by atoms with Gasteiger partial charge in [0.05, 0.1) is 12.0 Å². The van der Waals surface area contributed by atoms with Crippen LogP contribution >= 0.6 is 0 Å². The number of halogens is 5. The lowest BCUT2D eigenvalue weighted by Crippen LogP contribution is -2.21. The Morgan fingerprint density at radius 1 is 1.43 bits per heavy atom. The maximum absolute atomic E-state index is 12.6. The molecule has 1 aromatic heterocycles. The first-order valence-electron chi connectivity index (χ1n) is 4.88. The molecule has 0 aliphatic rings. The van der Waals surface area contributed by atoms with E-state index in [0.717, 1.165) is 0 Å². The van der Waals surface area contributed by atoms with Crippen LogP contribution in [0, 0.1) is 10.1 Å². The molecule has 0 saturated carbocycles. The summed E-state index contributed by atoms with van der Waals surface area (Å²) in [6.07, 6.45) is -8.66. The van der Waals surface area contributed by atoms with Crippen molar-refractivity contribution in [2.75, 3.05) is 7.11 Å². The fraction of sp³-hybridized carbons (Fsp3) is 0.333. The second-order valence-electron chi connectivity index (χ2n) is 3.34. The smallest absolute Gasteiger partial charge is 0.465 e. The number of carbonyl (C=O) groups is 1. The fourth-order valence-electron chi connectivity index (χ4n) is 1.33. The summed E-state index contributed by atoms with van der Waals surface area (Å²) >= 11 is 0. The third kappa shape index (κ3) is 3.73. The molecule has 1 aromatic rings. The van der Waals surface area contributed by atoms with Gasteiger partial charge in [-0.3, -0.25) is 10.1 Å². The number of alkyl halides is 5. The molecule has 0 unspecified atom stereocenters. The van der Waals surface area contributed by atoms with Crippen molar-refractivity contribution in [2.45, 2.75) is 12.8 Å². The maximum Gasteiger partial charge on any atom is 0.574 e. The Bertz CT molecular complexity index is 574. The zero-order valence-electron chi connectivity index (χ0n) is 9.98. The minimum absolute atomic E-state index is 0.121. The first-order chi connectivity index (χ1) is 9.58.